The third-order valence-corrected chi connectivity index (χ3v) is 3.72. The van der Waals surface area contributed by atoms with E-state index in [9.17, 15) is 9.90 Å². The van der Waals surface area contributed by atoms with Crippen molar-refractivity contribution in [1.82, 2.24) is 4.90 Å². The predicted octanol–water partition coefficient (Wildman–Crippen LogP) is 3.56. The number of hydrogen-bond acceptors (Lipinski definition) is 2. The smallest absolute Gasteiger partial charge is 0.253 e. The van der Waals surface area contributed by atoms with Crippen molar-refractivity contribution in [2.24, 2.45) is 0 Å². The van der Waals surface area contributed by atoms with Crippen LogP contribution in [0.4, 0.5) is 0 Å². The Morgan fingerprint density at radius 1 is 1.20 bits per heavy atom. The first-order chi connectivity index (χ1) is 9.61. The molecular formula is C16H16BrNO2. The van der Waals surface area contributed by atoms with Crippen LogP contribution >= 0.6 is 15.9 Å². The fraction of sp³-hybridized carbons (Fsp3) is 0.188. The van der Waals surface area contributed by atoms with Crippen LogP contribution in [0, 0.1) is 0 Å². The first kappa shape index (κ1) is 14.6. The quantitative estimate of drug-likeness (QED) is 0.869. The summed E-state index contributed by atoms with van der Waals surface area (Å²) in [4.78, 5) is 14.0. The average Bonchev–Trinajstić information content (AvgIpc) is 2.48. The van der Waals surface area contributed by atoms with E-state index in [4.69, 9.17) is 0 Å². The number of amides is 1. The molecule has 0 spiro atoms. The number of alkyl halides is 1. The molecule has 3 nitrogen and oxygen atoms in total. The van der Waals surface area contributed by atoms with Gasteiger partial charge in [0.25, 0.3) is 5.91 Å². The molecule has 0 aliphatic carbocycles. The molecule has 0 saturated carbocycles. The Labute approximate surface area is 127 Å². The van der Waals surface area contributed by atoms with Crippen LogP contribution in [0.5, 0.6) is 5.75 Å². The number of nitrogens with zero attached hydrogens (tertiary/aromatic N) is 1. The molecule has 0 atom stereocenters. The molecule has 0 heterocycles. The highest BCUT2D eigenvalue weighted by Crippen LogP contribution is 2.18. The first-order valence-corrected chi connectivity index (χ1v) is 7.41. The van der Waals surface area contributed by atoms with Gasteiger partial charge < -0.3 is 10.0 Å². The molecule has 2 rings (SSSR count). The highest BCUT2D eigenvalue weighted by molar-refractivity contribution is 9.08. The number of aromatic hydroxyl groups is 1. The number of rotatable bonds is 4. The zero-order valence-corrected chi connectivity index (χ0v) is 12.8. The van der Waals surface area contributed by atoms with Gasteiger partial charge in [-0.15, -0.1) is 0 Å². The van der Waals surface area contributed by atoms with E-state index in [2.05, 4.69) is 15.9 Å². The van der Waals surface area contributed by atoms with Gasteiger partial charge in [-0.2, -0.15) is 0 Å². The molecule has 0 aliphatic rings. The van der Waals surface area contributed by atoms with E-state index in [1.807, 2.05) is 30.3 Å². The van der Waals surface area contributed by atoms with Crippen LogP contribution in [-0.2, 0) is 11.9 Å². The summed E-state index contributed by atoms with van der Waals surface area (Å²) in [5.41, 5.74) is 2.45. The van der Waals surface area contributed by atoms with Crippen molar-refractivity contribution < 1.29 is 9.90 Å². The summed E-state index contributed by atoms with van der Waals surface area (Å²) in [6.45, 7) is 0.379. The lowest BCUT2D eigenvalue weighted by Gasteiger charge is -2.18. The van der Waals surface area contributed by atoms with Crippen LogP contribution < -0.4 is 0 Å². The lowest BCUT2D eigenvalue weighted by Crippen LogP contribution is -2.26. The molecule has 1 N–H and O–H groups in total. The summed E-state index contributed by atoms with van der Waals surface area (Å²) in [6, 6.07) is 14.6. The largest absolute Gasteiger partial charge is 0.508 e. The minimum atomic E-state index is -0.0592. The third kappa shape index (κ3) is 3.39. The van der Waals surface area contributed by atoms with Gasteiger partial charge in [0.15, 0.2) is 0 Å². The summed E-state index contributed by atoms with van der Waals surface area (Å²) in [5.74, 6) is 0.150. The number of benzene rings is 2. The van der Waals surface area contributed by atoms with Crippen LogP contribution in [0.3, 0.4) is 0 Å². The molecule has 0 aliphatic heterocycles. The fourth-order valence-electron chi connectivity index (χ4n) is 1.98. The number of carbonyl (C=O) groups excluding carboxylic acids is 1. The normalized spacial score (nSPS) is 10.3. The zero-order valence-electron chi connectivity index (χ0n) is 11.2. The Bertz CT molecular complexity index is 613. The zero-order chi connectivity index (χ0) is 14.5. The summed E-state index contributed by atoms with van der Waals surface area (Å²) < 4.78 is 0. The summed E-state index contributed by atoms with van der Waals surface area (Å²) >= 11 is 3.38. The van der Waals surface area contributed by atoms with Gasteiger partial charge in [0.05, 0.1) is 0 Å². The van der Waals surface area contributed by atoms with Crippen molar-refractivity contribution in [2.45, 2.75) is 11.9 Å². The van der Waals surface area contributed by atoms with Gasteiger partial charge in [0, 0.05) is 30.0 Å². The summed E-state index contributed by atoms with van der Waals surface area (Å²) in [6.07, 6.45) is 0. The molecule has 104 valence electrons. The number of halogens is 1. The number of phenolic OH excluding ortho intramolecular Hbond substituents is 1. The maximum absolute atomic E-state index is 12.4. The molecule has 0 aromatic heterocycles. The van der Waals surface area contributed by atoms with Crippen LogP contribution in [0.2, 0.25) is 0 Å². The Balaban J connectivity index is 2.14. The SMILES string of the molecule is CN(Cc1ccccc1O)C(=O)c1cccc(CBr)c1. The second kappa shape index (κ2) is 6.57. The summed E-state index contributed by atoms with van der Waals surface area (Å²) in [5, 5.41) is 10.5. The molecule has 20 heavy (non-hydrogen) atoms. The molecule has 0 unspecified atom stereocenters. The molecule has 0 bridgehead atoms. The highest BCUT2D eigenvalue weighted by atomic mass is 79.9. The van der Waals surface area contributed by atoms with Crippen LogP contribution in [0.1, 0.15) is 21.5 Å². The Morgan fingerprint density at radius 3 is 2.65 bits per heavy atom. The van der Waals surface area contributed by atoms with Gasteiger partial charge >= 0.3 is 0 Å². The van der Waals surface area contributed by atoms with E-state index in [-0.39, 0.29) is 11.7 Å². The second-order valence-corrected chi connectivity index (χ2v) is 5.18. The van der Waals surface area contributed by atoms with E-state index >= 15 is 0 Å². The number of phenols is 1. The van der Waals surface area contributed by atoms with Crippen molar-refractivity contribution >= 4 is 21.8 Å². The topological polar surface area (TPSA) is 40.5 Å². The molecule has 0 fully saturated rings. The molecule has 0 saturated heterocycles. The van der Waals surface area contributed by atoms with E-state index < -0.39 is 0 Å². The average molecular weight is 334 g/mol. The van der Waals surface area contributed by atoms with Crippen LogP contribution in [0.15, 0.2) is 48.5 Å². The fourth-order valence-corrected chi connectivity index (χ4v) is 2.33. The van der Waals surface area contributed by atoms with Gasteiger partial charge in [0.2, 0.25) is 0 Å². The molecule has 1 amide bonds. The Morgan fingerprint density at radius 2 is 1.95 bits per heavy atom. The Hall–Kier alpha value is -1.81. The van der Waals surface area contributed by atoms with Gasteiger partial charge in [-0.25, -0.2) is 0 Å². The molecule has 0 radical (unpaired) electrons. The number of carbonyl (C=O) groups is 1. The maximum atomic E-state index is 12.4. The lowest BCUT2D eigenvalue weighted by molar-refractivity contribution is 0.0784. The van der Waals surface area contributed by atoms with Crippen molar-refractivity contribution in [3.8, 4) is 5.75 Å². The lowest BCUT2D eigenvalue weighted by atomic mass is 10.1. The van der Waals surface area contributed by atoms with Gasteiger partial charge in [-0.3, -0.25) is 4.79 Å². The van der Waals surface area contributed by atoms with Crippen LogP contribution in [0.25, 0.3) is 0 Å². The molecule has 4 heteroatoms. The minimum Gasteiger partial charge on any atom is -0.508 e. The third-order valence-electron chi connectivity index (χ3n) is 3.07. The second-order valence-electron chi connectivity index (χ2n) is 4.62. The van der Waals surface area contributed by atoms with E-state index in [1.54, 1.807) is 30.1 Å². The van der Waals surface area contributed by atoms with Crippen molar-refractivity contribution in [3.05, 3.63) is 65.2 Å². The van der Waals surface area contributed by atoms with Crippen molar-refractivity contribution in [3.63, 3.8) is 0 Å². The van der Waals surface area contributed by atoms with Gasteiger partial charge in [-0.1, -0.05) is 46.3 Å². The summed E-state index contributed by atoms with van der Waals surface area (Å²) in [7, 11) is 1.73. The molecule has 2 aromatic carbocycles. The maximum Gasteiger partial charge on any atom is 0.253 e. The monoisotopic (exact) mass is 333 g/mol. The van der Waals surface area contributed by atoms with Gasteiger partial charge in [-0.05, 0) is 23.8 Å². The number of para-hydroxylation sites is 1. The van der Waals surface area contributed by atoms with E-state index in [1.165, 1.54) is 0 Å². The van der Waals surface area contributed by atoms with Crippen molar-refractivity contribution in [1.29, 1.82) is 0 Å². The van der Waals surface area contributed by atoms with E-state index in [0.29, 0.717) is 12.1 Å². The highest BCUT2D eigenvalue weighted by Gasteiger charge is 2.13. The van der Waals surface area contributed by atoms with E-state index in [0.717, 1.165) is 16.5 Å². The minimum absolute atomic E-state index is 0.0592. The predicted molar refractivity (Wildman–Crippen MR) is 83.0 cm³/mol. The Kier molecular flexibility index (Phi) is 4.79. The first-order valence-electron chi connectivity index (χ1n) is 6.29. The molecule has 2 aromatic rings. The van der Waals surface area contributed by atoms with Crippen molar-refractivity contribution in [2.75, 3.05) is 7.05 Å². The van der Waals surface area contributed by atoms with Gasteiger partial charge in [0.1, 0.15) is 5.75 Å². The van der Waals surface area contributed by atoms with Crippen LogP contribution in [-0.4, -0.2) is 23.0 Å². The molecular weight excluding hydrogens is 318 g/mol. The number of hydrogen-bond donors (Lipinski definition) is 1. The standard InChI is InChI=1S/C16H16BrNO2/c1-18(11-14-6-2-3-8-15(14)19)16(20)13-7-4-5-12(9-13)10-17/h2-9,19H,10-11H2,1H3.